The van der Waals surface area contributed by atoms with Crippen LogP contribution in [0.4, 0.5) is 17.5 Å². The number of anilines is 3. The van der Waals surface area contributed by atoms with Crippen molar-refractivity contribution in [2.24, 2.45) is 0 Å². The van der Waals surface area contributed by atoms with Gasteiger partial charge in [0, 0.05) is 19.1 Å². The molecule has 10 nitrogen and oxygen atoms in total. The van der Waals surface area contributed by atoms with Crippen LogP contribution >= 0.6 is 0 Å². The van der Waals surface area contributed by atoms with E-state index in [1.165, 1.54) is 19.3 Å². The van der Waals surface area contributed by atoms with E-state index in [4.69, 9.17) is 14.5 Å². The number of fused-ring (bicyclic) bond motifs is 1. The van der Waals surface area contributed by atoms with E-state index >= 15 is 0 Å². The molecule has 1 saturated carbocycles. The van der Waals surface area contributed by atoms with Gasteiger partial charge in [0.1, 0.15) is 11.3 Å². The maximum Gasteiger partial charge on any atom is 0.231 e. The summed E-state index contributed by atoms with van der Waals surface area (Å²) >= 11 is 0. The normalized spacial score (nSPS) is 17.8. The number of aromatic amines is 1. The minimum Gasteiger partial charge on any atom is -0.495 e. The highest BCUT2D eigenvalue weighted by molar-refractivity contribution is 5.85. The van der Waals surface area contributed by atoms with Gasteiger partial charge in [0.25, 0.3) is 0 Å². The number of methoxy groups -OCH3 is 1. The molecule has 1 aromatic carbocycles. The quantitative estimate of drug-likeness (QED) is 0.468. The molecule has 0 bridgehead atoms. The molecule has 186 valence electrons. The second-order valence-corrected chi connectivity index (χ2v) is 9.22. The molecule has 1 atom stereocenters. The number of nitrogens with zero attached hydrogens (tertiary/aromatic N) is 4. The Labute approximate surface area is 204 Å². The Balaban J connectivity index is 1.36. The summed E-state index contributed by atoms with van der Waals surface area (Å²) < 4.78 is 11.0. The van der Waals surface area contributed by atoms with Gasteiger partial charge in [-0.25, -0.2) is 4.98 Å². The number of carbonyl (C=O) groups excluding carboxylic acids is 1. The molecule has 3 aromatic rings. The third-order valence-electron chi connectivity index (χ3n) is 6.89. The number of nitrogens with one attached hydrogen (secondary N) is 3. The maximum absolute atomic E-state index is 13.0. The third kappa shape index (κ3) is 5.17. The van der Waals surface area contributed by atoms with E-state index in [1.54, 1.807) is 13.4 Å². The van der Waals surface area contributed by atoms with Gasteiger partial charge in [0.2, 0.25) is 11.9 Å². The molecule has 1 amide bonds. The standard InChI is InChI=1S/C25H33N7O3/c1-16(24(33)32-10-12-35-13-11-32)17-8-9-19(20(14-17)34-2)29-25-30-22-21(26-15-27-22)23(31-25)28-18-6-4-3-5-7-18/h8-9,14-16,18H,3-7,10-13H2,1-2H3,(H3,26,27,28,29,30,31). The van der Waals surface area contributed by atoms with Crippen LogP contribution in [0.5, 0.6) is 5.75 Å². The predicted molar refractivity (Wildman–Crippen MR) is 134 cm³/mol. The van der Waals surface area contributed by atoms with E-state index in [0.717, 1.165) is 35.4 Å². The number of aromatic nitrogens is 4. The number of H-pyrrole nitrogens is 1. The molecule has 2 fully saturated rings. The summed E-state index contributed by atoms with van der Waals surface area (Å²) in [7, 11) is 1.62. The topological polar surface area (TPSA) is 117 Å². The van der Waals surface area contributed by atoms with E-state index in [2.05, 4.69) is 25.6 Å². The van der Waals surface area contributed by atoms with Crippen molar-refractivity contribution < 1.29 is 14.3 Å². The summed E-state index contributed by atoms with van der Waals surface area (Å²) in [4.78, 5) is 31.7. The Morgan fingerprint density at radius 1 is 1.20 bits per heavy atom. The Morgan fingerprint density at radius 3 is 2.77 bits per heavy atom. The Bertz CT molecular complexity index is 1170. The fourth-order valence-corrected chi connectivity index (χ4v) is 4.83. The van der Waals surface area contributed by atoms with Crippen LogP contribution in [-0.2, 0) is 9.53 Å². The van der Waals surface area contributed by atoms with Crippen LogP contribution in [0.25, 0.3) is 11.2 Å². The number of carbonyl (C=O) groups is 1. The van der Waals surface area contributed by atoms with Gasteiger partial charge in [-0.1, -0.05) is 25.3 Å². The molecule has 35 heavy (non-hydrogen) atoms. The van der Waals surface area contributed by atoms with Crippen LogP contribution in [0.1, 0.15) is 50.5 Å². The van der Waals surface area contributed by atoms with Crippen molar-refractivity contribution in [3.8, 4) is 5.75 Å². The Kier molecular flexibility index (Phi) is 6.98. The number of benzene rings is 1. The van der Waals surface area contributed by atoms with Gasteiger partial charge in [0.05, 0.1) is 38.3 Å². The van der Waals surface area contributed by atoms with E-state index in [-0.39, 0.29) is 11.8 Å². The number of amides is 1. The molecule has 0 radical (unpaired) electrons. The first-order valence-electron chi connectivity index (χ1n) is 12.4. The van der Waals surface area contributed by atoms with Crippen molar-refractivity contribution in [3.05, 3.63) is 30.1 Å². The van der Waals surface area contributed by atoms with Gasteiger partial charge in [-0.15, -0.1) is 0 Å². The van der Waals surface area contributed by atoms with Gasteiger partial charge in [0.15, 0.2) is 11.5 Å². The van der Waals surface area contributed by atoms with Crippen molar-refractivity contribution in [2.75, 3.05) is 44.0 Å². The summed E-state index contributed by atoms with van der Waals surface area (Å²) in [6, 6.07) is 6.16. The molecule has 1 saturated heterocycles. The SMILES string of the molecule is COc1cc(C(C)C(=O)N2CCOCC2)ccc1Nc1nc(NC2CCCCC2)c2nc[nH]c2n1. The zero-order valence-electron chi connectivity index (χ0n) is 20.3. The lowest BCUT2D eigenvalue weighted by Crippen LogP contribution is -2.42. The lowest BCUT2D eigenvalue weighted by molar-refractivity contribution is -0.136. The zero-order chi connectivity index (χ0) is 24.2. The van der Waals surface area contributed by atoms with Crippen molar-refractivity contribution in [1.82, 2.24) is 24.8 Å². The zero-order valence-corrected chi connectivity index (χ0v) is 20.3. The second-order valence-electron chi connectivity index (χ2n) is 9.22. The smallest absolute Gasteiger partial charge is 0.231 e. The monoisotopic (exact) mass is 479 g/mol. The lowest BCUT2D eigenvalue weighted by atomic mass is 9.95. The van der Waals surface area contributed by atoms with Gasteiger partial charge in [-0.2, -0.15) is 9.97 Å². The Hall–Kier alpha value is -3.40. The summed E-state index contributed by atoms with van der Waals surface area (Å²) in [6.45, 7) is 4.36. The molecule has 2 aliphatic rings. The molecular weight excluding hydrogens is 446 g/mol. The molecular formula is C25H33N7O3. The molecule has 3 N–H and O–H groups in total. The van der Waals surface area contributed by atoms with Crippen molar-refractivity contribution >= 4 is 34.5 Å². The van der Waals surface area contributed by atoms with Crippen molar-refractivity contribution in [2.45, 2.75) is 51.0 Å². The Morgan fingerprint density at radius 2 is 2.00 bits per heavy atom. The van der Waals surface area contributed by atoms with Crippen LogP contribution < -0.4 is 15.4 Å². The predicted octanol–water partition coefficient (Wildman–Crippen LogP) is 3.81. The molecule has 10 heteroatoms. The summed E-state index contributed by atoms with van der Waals surface area (Å²) in [6.07, 6.45) is 7.66. The summed E-state index contributed by atoms with van der Waals surface area (Å²) in [5.74, 6) is 1.62. The van der Waals surface area contributed by atoms with Crippen LogP contribution in [0.3, 0.4) is 0 Å². The number of rotatable bonds is 7. The van der Waals surface area contributed by atoms with Gasteiger partial charge in [-0.3, -0.25) is 4.79 Å². The molecule has 1 aliphatic carbocycles. The van der Waals surface area contributed by atoms with E-state index in [0.29, 0.717) is 49.7 Å². The fourth-order valence-electron chi connectivity index (χ4n) is 4.83. The van der Waals surface area contributed by atoms with E-state index in [1.807, 2.05) is 30.0 Å². The van der Waals surface area contributed by atoms with Gasteiger partial charge >= 0.3 is 0 Å². The number of imidazole rings is 1. The molecule has 1 aliphatic heterocycles. The van der Waals surface area contributed by atoms with Crippen LogP contribution in [0.2, 0.25) is 0 Å². The average Bonchev–Trinajstić information content (AvgIpc) is 3.38. The van der Waals surface area contributed by atoms with Crippen LogP contribution in [0.15, 0.2) is 24.5 Å². The fraction of sp³-hybridized carbons (Fsp3) is 0.520. The van der Waals surface area contributed by atoms with Crippen LogP contribution in [0, 0.1) is 0 Å². The molecule has 0 spiro atoms. The van der Waals surface area contributed by atoms with E-state index < -0.39 is 0 Å². The molecule has 2 aromatic heterocycles. The first-order chi connectivity index (χ1) is 17.1. The third-order valence-corrected chi connectivity index (χ3v) is 6.89. The highest BCUT2D eigenvalue weighted by Crippen LogP contribution is 2.32. The molecule has 3 heterocycles. The minimum atomic E-state index is -0.278. The number of morpholine rings is 1. The number of hydrogen-bond donors (Lipinski definition) is 3. The van der Waals surface area contributed by atoms with Crippen molar-refractivity contribution in [1.29, 1.82) is 0 Å². The highest BCUT2D eigenvalue weighted by Gasteiger charge is 2.25. The summed E-state index contributed by atoms with van der Waals surface area (Å²) in [5, 5.41) is 6.87. The average molecular weight is 480 g/mol. The number of hydrogen-bond acceptors (Lipinski definition) is 8. The number of ether oxygens (including phenoxy) is 2. The maximum atomic E-state index is 13.0. The van der Waals surface area contributed by atoms with Crippen LogP contribution in [-0.4, -0.2) is 70.2 Å². The second kappa shape index (κ2) is 10.5. The lowest BCUT2D eigenvalue weighted by Gasteiger charge is -2.29. The van der Waals surface area contributed by atoms with Gasteiger partial charge < -0.3 is 30.0 Å². The van der Waals surface area contributed by atoms with Gasteiger partial charge in [-0.05, 0) is 37.5 Å². The largest absolute Gasteiger partial charge is 0.495 e. The molecule has 5 rings (SSSR count). The first kappa shape index (κ1) is 23.3. The summed E-state index contributed by atoms with van der Waals surface area (Å²) in [5.41, 5.74) is 3.03. The van der Waals surface area contributed by atoms with E-state index in [9.17, 15) is 4.79 Å². The molecule has 1 unspecified atom stereocenters. The highest BCUT2D eigenvalue weighted by atomic mass is 16.5. The minimum absolute atomic E-state index is 0.0996. The first-order valence-corrected chi connectivity index (χ1v) is 12.4. The van der Waals surface area contributed by atoms with Crippen molar-refractivity contribution in [3.63, 3.8) is 0 Å².